The number of ether oxygens (including phenoxy) is 1. The predicted molar refractivity (Wildman–Crippen MR) is 72.9 cm³/mol. The molecule has 1 heterocycles. The highest BCUT2D eigenvalue weighted by Gasteiger charge is 2.32. The molecular formula is C13H23N3O4. The van der Waals surface area contributed by atoms with Crippen molar-refractivity contribution in [2.24, 2.45) is 0 Å². The van der Waals surface area contributed by atoms with E-state index < -0.39 is 12.0 Å². The normalized spacial score (nSPS) is 19.3. The van der Waals surface area contributed by atoms with Crippen LogP contribution in [0.15, 0.2) is 0 Å². The van der Waals surface area contributed by atoms with Gasteiger partial charge < -0.3 is 15.4 Å². The van der Waals surface area contributed by atoms with E-state index in [1.54, 1.807) is 11.9 Å². The van der Waals surface area contributed by atoms with Crippen LogP contribution in [0.2, 0.25) is 0 Å². The number of unbranched alkanes of at least 4 members (excludes halogenated alkanes) is 1. The summed E-state index contributed by atoms with van der Waals surface area (Å²) < 4.78 is 5.07. The Balaban J connectivity index is 2.53. The lowest BCUT2D eigenvalue weighted by Crippen LogP contribution is -2.57. The summed E-state index contributed by atoms with van der Waals surface area (Å²) in [6.45, 7) is 3.52. The lowest BCUT2D eigenvalue weighted by Gasteiger charge is -2.33. The third-order valence-electron chi connectivity index (χ3n) is 3.19. The quantitative estimate of drug-likeness (QED) is 0.475. The van der Waals surface area contributed by atoms with E-state index in [0.717, 1.165) is 12.8 Å². The molecular weight excluding hydrogens is 262 g/mol. The summed E-state index contributed by atoms with van der Waals surface area (Å²) in [6.07, 6.45) is 1.73. The van der Waals surface area contributed by atoms with Gasteiger partial charge in [0.1, 0.15) is 6.04 Å². The van der Waals surface area contributed by atoms with Gasteiger partial charge in [-0.1, -0.05) is 13.3 Å². The van der Waals surface area contributed by atoms with E-state index in [1.807, 2.05) is 6.92 Å². The Morgan fingerprint density at radius 2 is 2.25 bits per heavy atom. The number of carbonyl (C=O) groups excluding carboxylic acids is 3. The molecule has 20 heavy (non-hydrogen) atoms. The Morgan fingerprint density at radius 3 is 2.90 bits per heavy atom. The summed E-state index contributed by atoms with van der Waals surface area (Å²) in [5.74, 6) is -0.806. The van der Waals surface area contributed by atoms with Crippen molar-refractivity contribution in [3.8, 4) is 0 Å². The van der Waals surface area contributed by atoms with Gasteiger partial charge in [-0.05, 0) is 6.42 Å². The van der Waals surface area contributed by atoms with Crippen LogP contribution in [0.4, 0.5) is 0 Å². The number of hydrogen-bond acceptors (Lipinski definition) is 5. The molecule has 0 saturated carbocycles. The van der Waals surface area contributed by atoms with Gasteiger partial charge in [-0.25, -0.2) is 0 Å². The number of rotatable bonds is 7. The average Bonchev–Trinajstić information content (AvgIpc) is 2.42. The van der Waals surface area contributed by atoms with Crippen molar-refractivity contribution in [3.63, 3.8) is 0 Å². The van der Waals surface area contributed by atoms with Crippen LogP contribution in [-0.2, 0) is 19.1 Å². The minimum Gasteiger partial charge on any atom is -0.466 e. The van der Waals surface area contributed by atoms with Crippen molar-refractivity contribution in [2.45, 2.75) is 32.2 Å². The topological polar surface area (TPSA) is 87.7 Å². The molecule has 0 bridgehead atoms. The molecule has 0 spiro atoms. The first-order valence-corrected chi connectivity index (χ1v) is 6.96. The number of nitrogens with one attached hydrogen (secondary N) is 2. The molecule has 1 saturated heterocycles. The van der Waals surface area contributed by atoms with Gasteiger partial charge in [0.15, 0.2) is 0 Å². The number of amides is 2. The third kappa shape index (κ3) is 5.16. The Kier molecular flexibility index (Phi) is 7.00. The fourth-order valence-corrected chi connectivity index (χ4v) is 1.98. The van der Waals surface area contributed by atoms with Crippen LogP contribution < -0.4 is 10.6 Å². The van der Waals surface area contributed by atoms with Crippen molar-refractivity contribution in [2.75, 3.05) is 33.3 Å². The van der Waals surface area contributed by atoms with Crippen LogP contribution >= 0.6 is 0 Å². The number of hydrogen-bond donors (Lipinski definition) is 2. The van der Waals surface area contributed by atoms with Gasteiger partial charge in [-0.3, -0.25) is 19.3 Å². The van der Waals surface area contributed by atoms with Gasteiger partial charge in [0, 0.05) is 20.1 Å². The smallest absolute Gasteiger partial charge is 0.307 e. The highest BCUT2D eigenvalue weighted by atomic mass is 16.5. The molecule has 1 atom stereocenters. The molecule has 2 N–H and O–H groups in total. The molecule has 7 nitrogen and oxygen atoms in total. The fourth-order valence-electron chi connectivity index (χ4n) is 1.98. The zero-order valence-corrected chi connectivity index (χ0v) is 12.1. The SMILES string of the molecule is CCCCOC(=O)CC1C(=O)NCCN1CC(=O)NC. The fraction of sp³-hybridized carbons (Fsp3) is 0.769. The first-order chi connectivity index (χ1) is 9.58. The number of likely N-dealkylation sites (N-methyl/N-ethyl adjacent to an activating group) is 1. The van der Waals surface area contributed by atoms with E-state index >= 15 is 0 Å². The van der Waals surface area contributed by atoms with Gasteiger partial charge >= 0.3 is 5.97 Å². The molecule has 0 aliphatic carbocycles. The zero-order chi connectivity index (χ0) is 15.0. The molecule has 1 aliphatic rings. The maximum atomic E-state index is 11.8. The molecule has 7 heteroatoms. The Bertz CT molecular complexity index is 360. The van der Waals surface area contributed by atoms with Crippen LogP contribution in [0.3, 0.4) is 0 Å². The molecule has 1 fully saturated rings. The second kappa shape index (κ2) is 8.52. The number of piperazine rings is 1. The molecule has 0 aromatic rings. The molecule has 1 unspecified atom stereocenters. The van der Waals surface area contributed by atoms with Crippen LogP contribution in [-0.4, -0.2) is 62.0 Å². The van der Waals surface area contributed by atoms with Crippen molar-refractivity contribution in [1.82, 2.24) is 15.5 Å². The van der Waals surface area contributed by atoms with E-state index in [-0.39, 0.29) is 24.8 Å². The Hall–Kier alpha value is -1.63. The van der Waals surface area contributed by atoms with Crippen molar-refractivity contribution in [3.05, 3.63) is 0 Å². The number of carbonyl (C=O) groups is 3. The summed E-state index contributed by atoms with van der Waals surface area (Å²) >= 11 is 0. The molecule has 0 radical (unpaired) electrons. The average molecular weight is 285 g/mol. The van der Waals surface area contributed by atoms with Gasteiger partial charge in [-0.2, -0.15) is 0 Å². The van der Waals surface area contributed by atoms with Gasteiger partial charge in [0.05, 0.1) is 19.6 Å². The van der Waals surface area contributed by atoms with Crippen LogP contribution in [0.5, 0.6) is 0 Å². The second-order valence-corrected chi connectivity index (χ2v) is 4.73. The molecule has 1 rings (SSSR count). The lowest BCUT2D eigenvalue weighted by atomic mass is 10.1. The van der Waals surface area contributed by atoms with E-state index in [1.165, 1.54) is 0 Å². The van der Waals surface area contributed by atoms with E-state index in [2.05, 4.69) is 10.6 Å². The van der Waals surface area contributed by atoms with Gasteiger partial charge in [0.2, 0.25) is 11.8 Å². The molecule has 0 aromatic heterocycles. The summed E-state index contributed by atoms with van der Waals surface area (Å²) in [6, 6.07) is -0.629. The summed E-state index contributed by atoms with van der Waals surface area (Å²) in [4.78, 5) is 36.7. The van der Waals surface area contributed by atoms with Crippen LogP contribution in [0.25, 0.3) is 0 Å². The van der Waals surface area contributed by atoms with Crippen molar-refractivity contribution < 1.29 is 19.1 Å². The first-order valence-electron chi connectivity index (χ1n) is 6.96. The summed E-state index contributed by atoms with van der Waals surface area (Å²) in [5.41, 5.74) is 0. The maximum absolute atomic E-state index is 11.8. The van der Waals surface area contributed by atoms with Crippen LogP contribution in [0, 0.1) is 0 Å². The molecule has 0 aromatic carbocycles. The molecule has 114 valence electrons. The van der Waals surface area contributed by atoms with E-state index in [4.69, 9.17) is 4.74 Å². The first kappa shape index (κ1) is 16.4. The largest absolute Gasteiger partial charge is 0.466 e. The third-order valence-corrected chi connectivity index (χ3v) is 3.19. The zero-order valence-electron chi connectivity index (χ0n) is 12.1. The second-order valence-electron chi connectivity index (χ2n) is 4.73. The predicted octanol–water partition coefficient (Wildman–Crippen LogP) is -0.734. The highest BCUT2D eigenvalue weighted by Crippen LogP contribution is 2.09. The molecule has 1 aliphatic heterocycles. The van der Waals surface area contributed by atoms with Gasteiger partial charge in [-0.15, -0.1) is 0 Å². The molecule has 2 amide bonds. The monoisotopic (exact) mass is 285 g/mol. The van der Waals surface area contributed by atoms with E-state index in [9.17, 15) is 14.4 Å². The highest BCUT2D eigenvalue weighted by molar-refractivity contribution is 5.88. The minimum atomic E-state index is -0.629. The Morgan fingerprint density at radius 1 is 1.50 bits per heavy atom. The summed E-state index contributed by atoms with van der Waals surface area (Å²) in [5, 5.41) is 5.22. The van der Waals surface area contributed by atoms with Gasteiger partial charge in [0.25, 0.3) is 0 Å². The van der Waals surface area contributed by atoms with E-state index in [0.29, 0.717) is 19.7 Å². The lowest BCUT2D eigenvalue weighted by molar-refractivity contribution is -0.149. The van der Waals surface area contributed by atoms with Crippen molar-refractivity contribution >= 4 is 17.8 Å². The standard InChI is InChI=1S/C13H23N3O4/c1-3-4-7-20-12(18)8-10-13(19)15-5-6-16(10)9-11(17)14-2/h10H,3-9H2,1-2H3,(H,14,17)(H,15,19). The number of esters is 1. The Labute approximate surface area is 119 Å². The maximum Gasteiger partial charge on any atom is 0.307 e. The van der Waals surface area contributed by atoms with Crippen LogP contribution in [0.1, 0.15) is 26.2 Å². The summed E-state index contributed by atoms with van der Waals surface area (Å²) in [7, 11) is 1.54. The van der Waals surface area contributed by atoms with Crippen molar-refractivity contribution in [1.29, 1.82) is 0 Å². The minimum absolute atomic E-state index is 0.0213. The number of nitrogens with zero attached hydrogens (tertiary/aromatic N) is 1.